The zero-order chi connectivity index (χ0) is 20.9. The van der Waals surface area contributed by atoms with Gasteiger partial charge in [-0.25, -0.2) is 0 Å². The van der Waals surface area contributed by atoms with Gasteiger partial charge in [-0.1, -0.05) is 24.3 Å². The maximum Gasteiger partial charge on any atom is 0.238 e. The molecule has 0 aliphatic carbocycles. The van der Waals surface area contributed by atoms with Crippen LogP contribution in [0.4, 0.5) is 11.4 Å². The molecule has 7 heteroatoms. The number of carbonyl (C=O) groups excluding carboxylic acids is 2. The SMILES string of the molecule is COc1ccccc1Oc1ccc(NC(=O)CC2Sc3ccccc3NC2=O)cc1. The van der Waals surface area contributed by atoms with Crippen molar-refractivity contribution in [1.82, 2.24) is 0 Å². The smallest absolute Gasteiger partial charge is 0.238 e. The standard InChI is InChI=1S/C23H20N2O4S/c1-28-18-7-3-4-8-19(18)29-16-12-10-15(11-13-16)24-22(26)14-21-23(27)25-17-6-2-5-9-20(17)30-21/h2-13,21H,14H2,1H3,(H,24,26)(H,25,27). The van der Waals surface area contributed by atoms with Gasteiger partial charge in [-0.05, 0) is 48.5 Å². The van der Waals surface area contributed by atoms with Crippen molar-refractivity contribution in [2.75, 3.05) is 17.7 Å². The third-order valence-corrected chi connectivity index (χ3v) is 5.79. The molecule has 0 fully saturated rings. The number of para-hydroxylation sites is 3. The maximum atomic E-state index is 12.4. The number of hydrogen-bond donors (Lipinski definition) is 2. The molecule has 1 unspecified atom stereocenters. The Morgan fingerprint density at radius 2 is 1.70 bits per heavy atom. The van der Waals surface area contributed by atoms with Crippen molar-refractivity contribution in [3.63, 3.8) is 0 Å². The minimum absolute atomic E-state index is 0.0876. The van der Waals surface area contributed by atoms with Crippen LogP contribution < -0.4 is 20.1 Å². The third-order valence-electron chi connectivity index (χ3n) is 4.51. The molecule has 0 bridgehead atoms. The highest BCUT2D eigenvalue weighted by Crippen LogP contribution is 2.37. The van der Waals surface area contributed by atoms with E-state index in [1.807, 2.05) is 48.5 Å². The monoisotopic (exact) mass is 420 g/mol. The summed E-state index contributed by atoms with van der Waals surface area (Å²) < 4.78 is 11.1. The lowest BCUT2D eigenvalue weighted by Crippen LogP contribution is -2.32. The number of methoxy groups -OCH3 is 1. The zero-order valence-corrected chi connectivity index (χ0v) is 17.1. The fraction of sp³-hybridized carbons (Fsp3) is 0.130. The summed E-state index contributed by atoms with van der Waals surface area (Å²) in [4.78, 5) is 25.7. The van der Waals surface area contributed by atoms with E-state index in [0.717, 1.165) is 10.6 Å². The van der Waals surface area contributed by atoms with Crippen LogP contribution in [0.5, 0.6) is 17.2 Å². The van der Waals surface area contributed by atoms with Crippen molar-refractivity contribution in [1.29, 1.82) is 0 Å². The van der Waals surface area contributed by atoms with Crippen molar-refractivity contribution in [3.8, 4) is 17.2 Å². The summed E-state index contributed by atoms with van der Waals surface area (Å²) in [5.74, 6) is 1.49. The van der Waals surface area contributed by atoms with E-state index in [2.05, 4.69) is 10.6 Å². The van der Waals surface area contributed by atoms with Crippen molar-refractivity contribution in [2.24, 2.45) is 0 Å². The Kier molecular flexibility index (Phi) is 5.90. The molecule has 0 saturated carbocycles. The van der Waals surface area contributed by atoms with E-state index in [-0.39, 0.29) is 18.2 Å². The second-order valence-corrected chi connectivity index (χ2v) is 7.87. The quantitative estimate of drug-likeness (QED) is 0.591. The van der Waals surface area contributed by atoms with E-state index >= 15 is 0 Å². The van der Waals surface area contributed by atoms with Crippen LogP contribution >= 0.6 is 11.8 Å². The van der Waals surface area contributed by atoms with Gasteiger partial charge in [0.25, 0.3) is 0 Å². The fourth-order valence-electron chi connectivity index (χ4n) is 3.04. The Morgan fingerprint density at radius 3 is 2.47 bits per heavy atom. The molecule has 0 saturated heterocycles. The molecule has 152 valence electrons. The van der Waals surface area contributed by atoms with Crippen molar-refractivity contribution >= 4 is 35.0 Å². The minimum atomic E-state index is -0.465. The van der Waals surface area contributed by atoms with E-state index in [9.17, 15) is 9.59 Å². The van der Waals surface area contributed by atoms with Crippen LogP contribution in [0.15, 0.2) is 77.7 Å². The molecule has 1 atom stereocenters. The first kappa shape index (κ1) is 19.8. The molecular weight excluding hydrogens is 400 g/mol. The van der Waals surface area contributed by atoms with Gasteiger partial charge in [0.05, 0.1) is 18.0 Å². The normalized spacial score (nSPS) is 15.0. The van der Waals surface area contributed by atoms with Gasteiger partial charge in [-0.3, -0.25) is 9.59 Å². The molecule has 2 N–H and O–H groups in total. The van der Waals surface area contributed by atoms with Crippen LogP contribution in [0.3, 0.4) is 0 Å². The van der Waals surface area contributed by atoms with E-state index < -0.39 is 5.25 Å². The van der Waals surface area contributed by atoms with E-state index in [0.29, 0.717) is 22.9 Å². The number of amides is 2. The van der Waals surface area contributed by atoms with E-state index in [1.54, 1.807) is 31.4 Å². The summed E-state index contributed by atoms with van der Waals surface area (Å²) in [5, 5.41) is 5.22. The number of fused-ring (bicyclic) bond motifs is 1. The average Bonchev–Trinajstić information content (AvgIpc) is 2.76. The summed E-state index contributed by atoms with van der Waals surface area (Å²) in [7, 11) is 1.59. The summed E-state index contributed by atoms with van der Waals surface area (Å²) >= 11 is 1.41. The molecule has 3 aromatic carbocycles. The third kappa shape index (κ3) is 4.58. The Balaban J connectivity index is 1.35. The highest BCUT2D eigenvalue weighted by Gasteiger charge is 2.28. The number of carbonyl (C=O) groups is 2. The van der Waals surface area contributed by atoms with Crippen LogP contribution in [0.1, 0.15) is 6.42 Å². The molecule has 1 heterocycles. The highest BCUT2D eigenvalue weighted by atomic mass is 32.2. The molecule has 3 aromatic rings. The first-order valence-corrected chi connectivity index (χ1v) is 10.3. The maximum absolute atomic E-state index is 12.4. The molecule has 2 amide bonds. The van der Waals surface area contributed by atoms with Gasteiger partial charge in [-0.2, -0.15) is 0 Å². The number of rotatable bonds is 6. The number of benzene rings is 3. The van der Waals surface area contributed by atoms with E-state index in [4.69, 9.17) is 9.47 Å². The Morgan fingerprint density at radius 1 is 1.00 bits per heavy atom. The number of thioether (sulfide) groups is 1. The molecule has 0 radical (unpaired) electrons. The number of hydrogen-bond acceptors (Lipinski definition) is 5. The van der Waals surface area contributed by atoms with Gasteiger partial charge in [0.15, 0.2) is 11.5 Å². The topological polar surface area (TPSA) is 76.7 Å². The van der Waals surface area contributed by atoms with Crippen molar-refractivity contribution in [2.45, 2.75) is 16.6 Å². The van der Waals surface area contributed by atoms with E-state index in [1.165, 1.54) is 11.8 Å². The largest absolute Gasteiger partial charge is 0.493 e. The van der Waals surface area contributed by atoms with Gasteiger partial charge in [0.2, 0.25) is 11.8 Å². The van der Waals surface area contributed by atoms with Crippen LogP contribution in [0.25, 0.3) is 0 Å². The minimum Gasteiger partial charge on any atom is -0.493 e. The number of ether oxygens (including phenoxy) is 2. The lowest BCUT2D eigenvalue weighted by atomic mass is 10.2. The average molecular weight is 420 g/mol. The fourth-order valence-corrected chi connectivity index (χ4v) is 4.15. The first-order valence-electron chi connectivity index (χ1n) is 9.40. The Labute approximate surface area is 178 Å². The van der Waals surface area contributed by atoms with Crippen LogP contribution in [-0.2, 0) is 9.59 Å². The highest BCUT2D eigenvalue weighted by molar-refractivity contribution is 8.01. The molecule has 0 spiro atoms. The second kappa shape index (κ2) is 8.92. The molecule has 30 heavy (non-hydrogen) atoms. The number of anilines is 2. The molecular formula is C23H20N2O4S. The van der Waals surface area contributed by atoms with Gasteiger partial charge >= 0.3 is 0 Å². The van der Waals surface area contributed by atoms with Gasteiger partial charge in [-0.15, -0.1) is 11.8 Å². The Hall–Kier alpha value is -3.45. The predicted molar refractivity (Wildman–Crippen MR) is 117 cm³/mol. The first-order chi connectivity index (χ1) is 14.6. The second-order valence-electron chi connectivity index (χ2n) is 6.62. The Bertz CT molecular complexity index is 1070. The van der Waals surface area contributed by atoms with Crippen molar-refractivity contribution in [3.05, 3.63) is 72.8 Å². The summed E-state index contributed by atoms with van der Waals surface area (Å²) in [5.41, 5.74) is 1.42. The van der Waals surface area contributed by atoms with Crippen LogP contribution in [0, 0.1) is 0 Å². The van der Waals surface area contributed by atoms with Gasteiger partial charge in [0, 0.05) is 17.0 Å². The van der Waals surface area contributed by atoms with Gasteiger partial charge < -0.3 is 20.1 Å². The van der Waals surface area contributed by atoms with Crippen LogP contribution in [-0.4, -0.2) is 24.2 Å². The molecule has 1 aliphatic rings. The zero-order valence-electron chi connectivity index (χ0n) is 16.3. The summed E-state index contributed by atoms with van der Waals surface area (Å²) in [6.07, 6.45) is 0.0876. The molecule has 4 rings (SSSR count). The van der Waals surface area contributed by atoms with Crippen LogP contribution in [0.2, 0.25) is 0 Å². The predicted octanol–water partition coefficient (Wildman–Crippen LogP) is 4.93. The van der Waals surface area contributed by atoms with Crippen molar-refractivity contribution < 1.29 is 19.1 Å². The number of nitrogens with one attached hydrogen (secondary N) is 2. The summed E-state index contributed by atoms with van der Waals surface area (Å²) in [6, 6.07) is 22.0. The summed E-state index contributed by atoms with van der Waals surface area (Å²) in [6.45, 7) is 0. The molecule has 6 nitrogen and oxygen atoms in total. The molecule has 0 aromatic heterocycles. The molecule has 1 aliphatic heterocycles. The lowest BCUT2D eigenvalue weighted by molar-refractivity contribution is -0.120. The van der Waals surface area contributed by atoms with Gasteiger partial charge in [0.1, 0.15) is 5.75 Å². The lowest BCUT2D eigenvalue weighted by Gasteiger charge is -2.23.